The van der Waals surface area contributed by atoms with Crippen molar-refractivity contribution in [3.63, 3.8) is 0 Å². The van der Waals surface area contributed by atoms with Crippen LogP contribution in [0, 0.1) is 0 Å². The smallest absolute Gasteiger partial charge is 0.236 e. The maximum Gasteiger partial charge on any atom is 0.236 e. The minimum absolute atomic E-state index is 0.233. The second kappa shape index (κ2) is 7.24. The summed E-state index contributed by atoms with van der Waals surface area (Å²) < 4.78 is 0. The van der Waals surface area contributed by atoms with Crippen LogP contribution in [0.1, 0.15) is 18.4 Å². The van der Waals surface area contributed by atoms with E-state index in [1.807, 2.05) is 24.3 Å². The van der Waals surface area contributed by atoms with Gasteiger partial charge in [-0.2, -0.15) is 0 Å². The number of halogens is 2. The van der Waals surface area contributed by atoms with Crippen LogP contribution in [0.5, 0.6) is 0 Å². The Kier molecular flexibility index (Phi) is 5.07. The molecule has 1 aliphatic heterocycles. The number of anilines is 2. The third kappa shape index (κ3) is 3.55. The Morgan fingerprint density at radius 3 is 2.50 bits per heavy atom. The standard InChI is InChI=1S/C18H16Cl2N2O2/c19-13-7-3-8-14(20)18(13)21-16(23)11-17(24)22-10-4-6-12-5-1-2-9-15(12)22/h1-3,5,7-9H,4,6,10-11H2,(H,21,23). The molecule has 1 aliphatic rings. The van der Waals surface area contributed by atoms with E-state index < -0.39 is 5.91 Å². The summed E-state index contributed by atoms with van der Waals surface area (Å²) in [5.74, 6) is -0.666. The zero-order chi connectivity index (χ0) is 17.1. The van der Waals surface area contributed by atoms with Crippen LogP contribution < -0.4 is 10.2 Å². The van der Waals surface area contributed by atoms with Crippen molar-refractivity contribution < 1.29 is 9.59 Å². The van der Waals surface area contributed by atoms with Crippen molar-refractivity contribution in [3.05, 3.63) is 58.1 Å². The molecule has 24 heavy (non-hydrogen) atoms. The summed E-state index contributed by atoms with van der Waals surface area (Å²) >= 11 is 12.1. The zero-order valence-electron chi connectivity index (χ0n) is 12.9. The normalized spacial score (nSPS) is 13.3. The molecule has 0 bridgehead atoms. The van der Waals surface area contributed by atoms with Crippen LogP contribution in [0.25, 0.3) is 0 Å². The SMILES string of the molecule is O=C(CC(=O)N1CCCc2ccccc21)Nc1c(Cl)cccc1Cl. The van der Waals surface area contributed by atoms with Gasteiger partial charge in [0.25, 0.3) is 0 Å². The molecule has 0 fully saturated rings. The van der Waals surface area contributed by atoms with Gasteiger partial charge in [-0.25, -0.2) is 0 Å². The summed E-state index contributed by atoms with van der Waals surface area (Å²) in [5, 5.41) is 3.30. The summed E-state index contributed by atoms with van der Waals surface area (Å²) in [7, 11) is 0. The first-order valence-electron chi connectivity index (χ1n) is 7.68. The van der Waals surface area contributed by atoms with Crippen molar-refractivity contribution in [2.45, 2.75) is 19.3 Å². The van der Waals surface area contributed by atoms with Crippen LogP contribution >= 0.6 is 23.2 Å². The van der Waals surface area contributed by atoms with E-state index in [1.54, 1.807) is 23.1 Å². The highest BCUT2D eigenvalue weighted by atomic mass is 35.5. The molecular weight excluding hydrogens is 347 g/mol. The average Bonchev–Trinajstić information content (AvgIpc) is 2.57. The molecule has 0 radical (unpaired) electrons. The number of para-hydroxylation sites is 2. The average molecular weight is 363 g/mol. The number of benzene rings is 2. The summed E-state index contributed by atoms with van der Waals surface area (Å²) in [6.45, 7) is 0.621. The number of nitrogens with one attached hydrogen (secondary N) is 1. The molecule has 6 heteroatoms. The predicted octanol–water partition coefficient (Wildman–Crippen LogP) is 4.30. The van der Waals surface area contributed by atoms with Crippen molar-refractivity contribution >= 4 is 46.4 Å². The highest BCUT2D eigenvalue weighted by Gasteiger charge is 2.24. The maximum absolute atomic E-state index is 12.5. The van der Waals surface area contributed by atoms with Gasteiger partial charge in [-0.15, -0.1) is 0 Å². The Bertz CT molecular complexity index is 772. The van der Waals surface area contributed by atoms with Gasteiger partial charge in [-0.1, -0.05) is 47.5 Å². The lowest BCUT2D eigenvalue weighted by Gasteiger charge is -2.29. The van der Waals surface area contributed by atoms with Crippen molar-refractivity contribution in [3.8, 4) is 0 Å². The fourth-order valence-corrected chi connectivity index (χ4v) is 3.32. The monoisotopic (exact) mass is 362 g/mol. The molecule has 0 saturated heterocycles. The molecule has 2 amide bonds. The highest BCUT2D eigenvalue weighted by Crippen LogP contribution is 2.30. The number of carbonyl (C=O) groups excluding carboxylic acids is 2. The first kappa shape index (κ1) is 16.8. The van der Waals surface area contributed by atoms with E-state index in [-0.39, 0.29) is 12.3 Å². The quantitative estimate of drug-likeness (QED) is 0.827. The Balaban J connectivity index is 1.71. The second-order valence-electron chi connectivity index (χ2n) is 5.60. The molecule has 1 N–H and O–H groups in total. The summed E-state index contributed by atoms with van der Waals surface area (Å²) in [6.07, 6.45) is 1.58. The number of fused-ring (bicyclic) bond motifs is 1. The van der Waals surface area contributed by atoms with E-state index in [9.17, 15) is 9.59 Å². The number of nitrogens with zero attached hydrogens (tertiary/aromatic N) is 1. The van der Waals surface area contributed by atoms with E-state index in [4.69, 9.17) is 23.2 Å². The lowest BCUT2D eigenvalue weighted by molar-refractivity contribution is -0.125. The molecular formula is C18H16Cl2N2O2. The molecule has 124 valence electrons. The van der Waals surface area contributed by atoms with Gasteiger partial charge in [-0.3, -0.25) is 9.59 Å². The van der Waals surface area contributed by atoms with Crippen molar-refractivity contribution in [2.24, 2.45) is 0 Å². The molecule has 0 aliphatic carbocycles. The minimum Gasteiger partial charge on any atom is -0.323 e. The van der Waals surface area contributed by atoms with E-state index in [0.29, 0.717) is 22.3 Å². The van der Waals surface area contributed by atoms with E-state index >= 15 is 0 Å². The van der Waals surface area contributed by atoms with Crippen molar-refractivity contribution in [1.82, 2.24) is 0 Å². The molecule has 3 rings (SSSR count). The molecule has 0 unspecified atom stereocenters. The third-order valence-corrected chi connectivity index (χ3v) is 4.58. The van der Waals surface area contributed by atoms with Crippen LogP contribution in [-0.2, 0) is 16.0 Å². The lowest BCUT2D eigenvalue weighted by Crippen LogP contribution is -2.37. The number of rotatable bonds is 3. The summed E-state index contributed by atoms with van der Waals surface area (Å²) in [6, 6.07) is 12.7. The molecule has 0 aromatic heterocycles. The minimum atomic E-state index is -0.432. The number of carbonyl (C=O) groups is 2. The molecule has 0 atom stereocenters. The number of hydrogen-bond acceptors (Lipinski definition) is 2. The summed E-state index contributed by atoms with van der Waals surface area (Å²) in [5.41, 5.74) is 2.35. The number of aryl methyl sites for hydroxylation is 1. The molecule has 4 nitrogen and oxygen atoms in total. The van der Waals surface area contributed by atoms with Crippen molar-refractivity contribution in [1.29, 1.82) is 0 Å². The van der Waals surface area contributed by atoms with E-state index in [2.05, 4.69) is 5.32 Å². The number of amides is 2. The van der Waals surface area contributed by atoms with Gasteiger partial charge >= 0.3 is 0 Å². The van der Waals surface area contributed by atoms with Gasteiger partial charge in [-0.05, 0) is 36.6 Å². The van der Waals surface area contributed by atoms with Crippen LogP contribution in [0.3, 0.4) is 0 Å². The van der Waals surface area contributed by atoms with Gasteiger partial charge in [0.15, 0.2) is 0 Å². The predicted molar refractivity (Wildman–Crippen MR) is 96.8 cm³/mol. The summed E-state index contributed by atoms with van der Waals surface area (Å²) in [4.78, 5) is 26.4. The van der Waals surface area contributed by atoms with Gasteiger partial charge in [0, 0.05) is 12.2 Å². The van der Waals surface area contributed by atoms with Gasteiger partial charge in [0.2, 0.25) is 11.8 Å². The second-order valence-corrected chi connectivity index (χ2v) is 6.41. The first-order valence-corrected chi connectivity index (χ1v) is 8.44. The molecule has 2 aromatic rings. The fourth-order valence-electron chi connectivity index (χ4n) is 2.83. The fraction of sp³-hybridized carbons (Fsp3) is 0.222. The topological polar surface area (TPSA) is 49.4 Å². The molecule has 2 aromatic carbocycles. The van der Waals surface area contributed by atoms with Gasteiger partial charge in [0.1, 0.15) is 6.42 Å². The van der Waals surface area contributed by atoms with Crippen molar-refractivity contribution in [2.75, 3.05) is 16.8 Å². The molecule has 0 spiro atoms. The van der Waals surface area contributed by atoms with Crippen LogP contribution in [-0.4, -0.2) is 18.4 Å². The van der Waals surface area contributed by atoms with E-state index in [1.165, 1.54) is 0 Å². The van der Waals surface area contributed by atoms with Crippen LogP contribution in [0.15, 0.2) is 42.5 Å². The molecule has 0 saturated carbocycles. The Labute approximate surface area is 150 Å². The van der Waals surface area contributed by atoms with Gasteiger partial charge < -0.3 is 10.2 Å². The molecule has 1 heterocycles. The number of hydrogen-bond donors (Lipinski definition) is 1. The largest absolute Gasteiger partial charge is 0.323 e. The Morgan fingerprint density at radius 1 is 1.04 bits per heavy atom. The zero-order valence-corrected chi connectivity index (χ0v) is 14.4. The lowest BCUT2D eigenvalue weighted by atomic mass is 10.0. The highest BCUT2D eigenvalue weighted by molar-refractivity contribution is 6.39. The third-order valence-electron chi connectivity index (χ3n) is 3.95. The maximum atomic E-state index is 12.5. The first-order chi connectivity index (χ1) is 11.6. The van der Waals surface area contributed by atoms with Gasteiger partial charge in [0.05, 0.1) is 15.7 Å². The van der Waals surface area contributed by atoms with Crippen LogP contribution in [0.4, 0.5) is 11.4 Å². The Hall–Kier alpha value is -2.04. The van der Waals surface area contributed by atoms with E-state index in [0.717, 1.165) is 24.1 Å². The Morgan fingerprint density at radius 2 is 1.75 bits per heavy atom. The van der Waals surface area contributed by atoms with Crippen LogP contribution in [0.2, 0.25) is 10.0 Å².